The fourth-order valence-electron chi connectivity index (χ4n) is 4.18. The van der Waals surface area contributed by atoms with Crippen molar-refractivity contribution in [3.05, 3.63) is 47.4 Å². The first-order chi connectivity index (χ1) is 16.0. The number of hydrogen-bond acceptors (Lipinski definition) is 6. The molecule has 5 rings (SSSR count). The summed E-state index contributed by atoms with van der Waals surface area (Å²) in [5, 5.41) is 3.66. The van der Waals surface area contributed by atoms with Gasteiger partial charge in [-0.05, 0) is 24.6 Å². The van der Waals surface area contributed by atoms with Gasteiger partial charge in [0.05, 0.1) is 42.5 Å². The Hall–Kier alpha value is -3.25. The van der Waals surface area contributed by atoms with E-state index in [1.165, 1.54) is 6.92 Å². The molecule has 2 saturated heterocycles. The van der Waals surface area contributed by atoms with E-state index < -0.39 is 5.60 Å². The van der Waals surface area contributed by atoms with Crippen LogP contribution in [0.25, 0.3) is 16.7 Å². The van der Waals surface area contributed by atoms with E-state index in [0.717, 1.165) is 40.0 Å². The Labute approximate surface area is 192 Å². The summed E-state index contributed by atoms with van der Waals surface area (Å²) in [7, 11) is 1.70. The number of carbonyl (C=O) groups is 1. The van der Waals surface area contributed by atoms with Crippen LogP contribution in [0.2, 0.25) is 0 Å². The van der Waals surface area contributed by atoms with Crippen LogP contribution in [0.4, 0.5) is 5.82 Å². The summed E-state index contributed by atoms with van der Waals surface area (Å²) in [4.78, 5) is 21.0. The van der Waals surface area contributed by atoms with Crippen molar-refractivity contribution in [2.24, 2.45) is 5.92 Å². The molecular formula is C25H26N4O4. The smallest absolute Gasteiger partial charge is 0.222 e. The number of nitrogens with zero attached hydrogens (tertiary/aromatic N) is 3. The first-order valence-corrected chi connectivity index (χ1v) is 11.0. The zero-order valence-electron chi connectivity index (χ0n) is 19.0. The average Bonchev–Trinajstić information content (AvgIpc) is 3.37. The Morgan fingerprint density at radius 3 is 2.82 bits per heavy atom. The molecule has 3 aromatic heterocycles. The maximum absolute atomic E-state index is 11.6. The summed E-state index contributed by atoms with van der Waals surface area (Å²) in [5.41, 5.74) is 3.07. The molecule has 3 aromatic rings. The molecule has 0 spiro atoms. The molecule has 0 aromatic carbocycles. The van der Waals surface area contributed by atoms with Gasteiger partial charge in [-0.2, -0.15) is 0 Å². The van der Waals surface area contributed by atoms with Crippen molar-refractivity contribution in [2.45, 2.75) is 25.9 Å². The molecule has 0 aliphatic carbocycles. The lowest BCUT2D eigenvalue weighted by atomic mass is 9.97. The number of aromatic nitrogens is 3. The molecule has 8 nitrogen and oxygen atoms in total. The highest BCUT2D eigenvalue weighted by Crippen LogP contribution is 2.34. The van der Waals surface area contributed by atoms with Crippen LogP contribution in [0.15, 0.2) is 30.6 Å². The minimum Gasteiger partial charge on any atom is -0.379 e. The number of carbonyl (C=O) groups excluding carboxylic acids is 1. The minimum atomic E-state index is -0.556. The third kappa shape index (κ3) is 4.11. The molecule has 1 N–H and O–H groups in total. The van der Waals surface area contributed by atoms with E-state index in [4.69, 9.17) is 19.2 Å². The first kappa shape index (κ1) is 21.6. The largest absolute Gasteiger partial charge is 0.379 e. The monoisotopic (exact) mass is 446 g/mol. The zero-order valence-corrected chi connectivity index (χ0v) is 19.0. The molecule has 2 aliphatic heterocycles. The van der Waals surface area contributed by atoms with Crippen LogP contribution >= 0.6 is 0 Å². The van der Waals surface area contributed by atoms with Gasteiger partial charge in [-0.25, -0.2) is 9.97 Å². The molecule has 1 atom stereocenters. The Bertz CT molecular complexity index is 1280. The number of ether oxygens (including phenoxy) is 3. The number of anilines is 1. The minimum absolute atomic E-state index is 0.177. The number of methoxy groups -OCH3 is 1. The summed E-state index contributed by atoms with van der Waals surface area (Å²) in [6, 6.07) is 5.93. The number of amides is 1. The molecule has 1 amide bonds. The number of rotatable bonds is 4. The number of aryl methyl sites for hydroxylation is 1. The van der Waals surface area contributed by atoms with Gasteiger partial charge in [-0.15, -0.1) is 0 Å². The van der Waals surface area contributed by atoms with Crippen LogP contribution < -0.4 is 5.32 Å². The molecule has 5 heterocycles. The molecule has 8 heteroatoms. The van der Waals surface area contributed by atoms with Crippen LogP contribution in [-0.4, -0.2) is 54.0 Å². The molecule has 0 bridgehead atoms. The molecular weight excluding hydrogens is 420 g/mol. The van der Waals surface area contributed by atoms with Crippen LogP contribution in [-0.2, 0) is 24.6 Å². The van der Waals surface area contributed by atoms with Gasteiger partial charge in [0.15, 0.2) is 0 Å². The summed E-state index contributed by atoms with van der Waals surface area (Å²) < 4.78 is 18.8. The topological polar surface area (TPSA) is 87.5 Å². The van der Waals surface area contributed by atoms with E-state index in [1.54, 1.807) is 13.3 Å². The van der Waals surface area contributed by atoms with E-state index in [1.807, 2.05) is 29.8 Å². The van der Waals surface area contributed by atoms with Gasteiger partial charge in [0.2, 0.25) is 5.91 Å². The van der Waals surface area contributed by atoms with Gasteiger partial charge in [-0.1, -0.05) is 11.8 Å². The van der Waals surface area contributed by atoms with Crippen molar-refractivity contribution in [3.63, 3.8) is 0 Å². The molecule has 33 heavy (non-hydrogen) atoms. The van der Waals surface area contributed by atoms with Crippen LogP contribution in [0.5, 0.6) is 0 Å². The Kier molecular flexibility index (Phi) is 5.62. The van der Waals surface area contributed by atoms with Gasteiger partial charge >= 0.3 is 0 Å². The fraction of sp³-hybridized carbons (Fsp3) is 0.400. The van der Waals surface area contributed by atoms with Crippen molar-refractivity contribution >= 4 is 22.6 Å². The Balaban J connectivity index is 1.66. The van der Waals surface area contributed by atoms with E-state index in [0.29, 0.717) is 32.2 Å². The summed E-state index contributed by atoms with van der Waals surface area (Å²) in [6.45, 7) is 5.96. The number of hydrogen-bond donors (Lipinski definition) is 1. The lowest BCUT2D eigenvalue weighted by Crippen LogP contribution is -2.30. The second kappa shape index (κ2) is 8.60. The second-order valence-corrected chi connectivity index (χ2v) is 8.57. The van der Waals surface area contributed by atoms with Crippen LogP contribution in [0.1, 0.15) is 30.2 Å². The van der Waals surface area contributed by atoms with Crippen molar-refractivity contribution in [1.29, 1.82) is 0 Å². The molecule has 2 fully saturated rings. The highest BCUT2D eigenvalue weighted by molar-refractivity contribution is 5.93. The van der Waals surface area contributed by atoms with Crippen molar-refractivity contribution in [1.82, 2.24) is 14.5 Å². The Morgan fingerprint density at radius 2 is 2.15 bits per heavy atom. The predicted octanol–water partition coefficient (Wildman–Crippen LogP) is 2.95. The van der Waals surface area contributed by atoms with E-state index in [2.05, 4.69) is 28.2 Å². The zero-order chi connectivity index (χ0) is 23.0. The number of pyridine rings is 2. The average molecular weight is 447 g/mol. The van der Waals surface area contributed by atoms with Crippen molar-refractivity contribution in [3.8, 4) is 17.7 Å². The lowest BCUT2D eigenvalue weighted by Gasteiger charge is -2.26. The summed E-state index contributed by atoms with van der Waals surface area (Å²) in [5.74, 6) is 7.87. The van der Waals surface area contributed by atoms with Crippen LogP contribution in [0.3, 0.4) is 0 Å². The molecule has 2 aliphatic rings. The third-order valence-corrected chi connectivity index (χ3v) is 6.09. The predicted molar refractivity (Wildman–Crippen MR) is 123 cm³/mol. The van der Waals surface area contributed by atoms with Crippen molar-refractivity contribution < 1.29 is 19.0 Å². The lowest BCUT2D eigenvalue weighted by molar-refractivity contribution is -0.114. The molecule has 0 unspecified atom stereocenters. The van der Waals surface area contributed by atoms with Gasteiger partial charge < -0.3 is 19.5 Å². The van der Waals surface area contributed by atoms with Gasteiger partial charge in [-0.3, -0.25) is 9.36 Å². The fourth-order valence-corrected chi connectivity index (χ4v) is 4.18. The quantitative estimate of drug-likeness (QED) is 0.620. The van der Waals surface area contributed by atoms with Crippen molar-refractivity contribution in [2.75, 3.05) is 38.9 Å². The van der Waals surface area contributed by atoms with Gasteiger partial charge in [0.1, 0.15) is 17.2 Å². The maximum Gasteiger partial charge on any atom is 0.222 e. The molecule has 0 radical (unpaired) electrons. The van der Waals surface area contributed by atoms with E-state index in [-0.39, 0.29) is 11.8 Å². The number of nitrogens with one attached hydrogen (secondary N) is 1. The highest BCUT2D eigenvalue weighted by Gasteiger charge is 2.38. The summed E-state index contributed by atoms with van der Waals surface area (Å²) in [6.07, 6.45) is 4.48. The molecule has 0 saturated carbocycles. The maximum atomic E-state index is 11.6. The van der Waals surface area contributed by atoms with Gasteiger partial charge in [0, 0.05) is 50.9 Å². The Morgan fingerprint density at radius 1 is 1.30 bits per heavy atom. The van der Waals surface area contributed by atoms with E-state index >= 15 is 0 Å². The normalized spacial score (nSPS) is 20.3. The first-order valence-electron chi connectivity index (χ1n) is 11.0. The van der Waals surface area contributed by atoms with E-state index in [9.17, 15) is 4.79 Å². The second-order valence-electron chi connectivity index (χ2n) is 8.57. The van der Waals surface area contributed by atoms with Gasteiger partial charge in [0.25, 0.3) is 0 Å². The highest BCUT2D eigenvalue weighted by atomic mass is 16.5. The molecule has 170 valence electrons. The third-order valence-electron chi connectivity index (χ3n) is 6.09. The standard InChI is InChI=1S/C25H26N4O4/c1-16-8-22(25(31-3)6-7-32-15-25)28-24(9-16)29-12-19(5-4-18-13-33-14-18)20-11-26-23(10-21(20)29)27-17(2)30/h8-12,18H,6-7,13-15H2,1-3H3,(H,26,27,30)/t25-/m0/s1. The summed E-state index contributed by atoms with van der Waals surface area (Å²) >= 11 is 0. The van der Waals surface area contributed by atoms with Crippen LogP contribution in [0, 0.1) is 24.7 Å². The SMILES string of the molecule is CO[C@@]1(c2cc(C)cc(-n3cc(C#CC4COC4)c4cnc(NC(C)=O)cc43)n2)CCOC1. The number of fused-ring (bicyclic) bond motifs is 1.